The van der Waals surface area contributed by atoms with Gasteiger partial charge in [-0.1, -0.05) is 246 Å². The summed E-state index contributed by atoms with van der Waals surface area (Å²) in [5, 5.41) is 0. The van der Waals surface area contributed by atoms with Gasteiger partial charge in [-0.3, -0.25) is 14.4 Å². The highest BCUT2D eigenvalue weighted by Gasteiger charge is 2.19. The van der Waals surface area contributed by atoms with Crippen LogP contribution in [0.4, 0.5) is 0 Å². The lowest BCUT2D eigenvalue weighted by Gasteiger charge is -2.18. The maximum Gasteiger partial charge on any atom is 0.306 e. The maximum atomic E-state index is 12.9. The fourth-order valence-corrected chi connectivity index (χ4v) is 8.44. The number of esters is 3. The van der Waals surface area contributed by atoms with Crippen LogP contribution in [0.25, 0.3) is 0 Å². The third-order valence-corrected chi connectivity index (χ3v) is 13.0. The molecular formula is C67H114O6. The van der Waals surface area contributed by atoms with E-state index in [0.717, 1.165) is 135 Å². The average Bonchev–Trinajstić information content (AvgIpc) is 3.39. The zero-order valence-electron chi connectivity index (χ0n) is 47.9. The van der Waals surface area contributed by atoms with E-state index in [-0.39, 0.29) is 31.1 Å². The number of carbonyl (C=O) groups is 3. The molecule has 0 bridgehead atoms. The molecule has 0 heterocycles. The molecule has 0 N–H and O–H groups in total. The molecule has 6 heteroatoms. The fourth-order valence-electron chi connectivity index (χ4n) is 8.44. The number of allylic oxidation sites excluding steroid dienone is 16. The molecule has 6 nitrogen and oxygen atoms in total. The third kappa shape index (κ3) is 59.1. The third-order valence-electron chi connectivity index (χ3n) is 13.0. The number of unbranched alkanes of at least 4 members (excludes halogenated alkanes) is 28. The van der Waals surface area contributed by atoms with Gasteiger partial charge in [0.1, 0.15) is 13.2 Å². The van der Waals surface area contributed by atoms with Crippen molar-refractivity contribution < 1.29 is 28.6 Å². The summed E-state index contributed by atoms with van der Waals surface area (Å²) in [4.78, 5) is 38.2. The summed E-state index contributed by atoms with van der Waals surface area (Å²) in [5.41, 5.74) is 0. The van der Waals surface area contributed by atoms with Crippen molar-refractivity contribution in [2.75, 3.05) is 13.2 Å². The maximum absolute atomic E-state index is 12.9. The predicted molar refractivity (Wildman–Crippen MR) is 316 cm³/mol. The normalized spacial score (nSPS) is 12.8. The van der Waals surface area contributed by atoms with Crippen molar-refractivity contribution in [3.05, 3.63) is 97.2 Å². The van der Waals surface area contributed by atoms with E-state index in [2.05, 4.69) is 118 Å². The second-order valence-corrected chi connectivity index (χ2v) is 20.2. The highest BCUT2D eigenvalue weighted by atomic mass is 16.6. The van der Waals surface area contributed by atoms with Crippen LogP contribution in [0.2, 0.25) is 0 Å². The number of ether oxygens (including phenoxy) is 3. The zero-order chi connectivity index (χ0) is 52.9. The van der Waals surface area contributed by atoms with E-state index in [0.29, 0.717) is 19.3 Å². The second-order valence-electron chi connectivity index (χ2n) is 20.2. The molecule has 0 amide bonds. The van der Waals surface area contributed by atoms with Gasteiger partial charge >= 0.3 is 17.9 Å². The van der Waals surface area contributed by atoms with E-state index < -0.39 is 6.10 Å². The Morgan fingerprint density at radius 2 is 0.534 bits per heavy atom. The second kappa shape index (κ2) is 60.9. The summed E-state index contributed by atoms with van der Waals surface area (Å²) in [7, 11) is 0. The minimum absolute atomic E-state index is 0.0914. The first-order chi connectivity index (χ1) is 36.0. The molecule has 0 spiro atoms. The monoisotopic (exact) mass is 1010 g/mol. The molecule has 0 saturated carbocycles. The lowest BCUT2D eigenvalue weighted by Crippen LogP contribution is -2.30. The van der Waals surface area contributed by atoms with Crippen LogP contribution in [0.3, 0.4) is 0 Å². The molecule has 0 saturated heterocycles. The molecule has 0 rings (SSSR count). The SMILES string of the molecule is CC/C=C\C/C=C\C/C=C\CCCCCCCC(=O)OC(COC(=O)CCCCCCC/C=C\C/C=C\CCCCC)COC(=O)CCCCCCCCCCCC/C=C\C/C=C\C/C=C\CCCCCCC. The Labute approximate surface area is 451 Å². The van der Waals surface area contributed by atoms with Gasteiger partial charge in [0.25, 0.3) is 0 Å². The Balaban J connectivity index is 4.35. The van der Waals surface area contributed by atoms with Crippen LogP contribution < -0.4 is 0 Å². The Morgan fingerprint density at radius 3 is 0.863 bits per heavy atom. The smallest absolute Gasteiger partial charge is 0.306 e. The van der Waals surface area contributed by atoms with Gasteiger partial charge in [0.05, 0.1) is 0 Å². The first kappa shape index (κ1) is 69.3. The summed E-state index contributed by atoms with van der Waals surface area (Å²) >= 11 is 0. The lowest BCUT2D eigenvalue weighted by atomic mass is 10.1. The lowest BCUT2D eigenvalue weighted by molar-refractivity contribution is -0.167. The van der Waals surface area contributed by atoms with E-state index in [1.54, 1.807) is 0 Å². The van der Waals surface area contributed by atoms with Gasteiger partial charge < -0.3 is 14.2 Å². The van der Waals surface area contributed by atoms with Crippen molar-refractivity contribution in [1.29, 1.82) is 0 Å². The summed E-state index contributed by atoms with van der Waals surface area (Å²) in [5.74, 6) is -0.921. The van der Waals surface area contributed by atoms with Crippen molar-refractivity contribution in [2.45, 2.75) is 297 Å². The molecule has 0 aromatic carbocycles. The highest BCUT2D eigenvalue weighted by molar-refractivity contribution is 5.71. The molecule has 0 aliphatic rings. The van der Waals surface area contributed by atoms with Crippen molar-refractivity contribution in [3.63, 3.8) is 0 Å². The van der Waals surface area contributed by atoms with Gasteiger partial charge in [-0.25, -0.2) is 0 Å². The van der Waals surface area contributed by atoms with Crippen LogP contribution in [0.5, 0.6) is 0 Å². The summed E-state index contributed by atoms with van der Waals surface area (Å²) in [6, 6.07) is 0. The standard InChI is InChI=1S/C67H114O6/c1-4-7-10-13-16-19-22-25-28-29-30-31-32-33-34-35-36-37-40-42-45-48-51-54-57-60-66(69)72-63-64(73-67(70)61-58-55-52-49-46-43-39-27-24-21-18-15-12-9-6-3)62-71-65(68)59-56-53-50-47-44-41-38-26-23-20-17-14-11-8-5-2/h9,12,17-18,20-22,25-27,29-30,32-33,38-39,64H,4-8,10-11,13-16,19,23-24,28,31,34-37,40-63H2,1-3H3/b12-9-,20-17-,21-18-,25-22-,30-29-,33-32-,38-26-,39-27-. The van der Waals surface area contributed by atoms with Crippen LogP contribution in [0.15, 0.2) is 97.2 Å². The van der Waals surface area contributed by atoms with Gasteiger partial charge in [0.15, 0.2) is 6.10 Å². The first-order valence-electron chi connectivity index (χ1n) is 30.7. The van der Waals surface area contributed by atoms with Gasteiger partial charge in [0, 0.05) is 19.3 Å². The zero-order valence-corrected chi connectivity index (χ0v) is 47.9. The molecule has 0 aliphatic heterocycles. The molecule has 418 valence electrons. The minimum atomic E-state index is -0.796. The Bertz CT molecular complexity index is 1440. The molecule has 73 heavy (non-hydrogen) atoms. The number of carbonyl (C=O) groups excluding carboxylic acids is 3. The molecular weight excluding hydrogens is 901 g/mol. The van der Waals surface area contributed by atoms with Crippen molar-refractivity contribution in [2.24, 2.45) is 0 Å². The van der Waals surface area contributed by atoms with Gasteiger partial charge in [0.2, 0.25) is 0 Å². The number of rotatable bonds is 55. The van der Waals surface area contributed by atoms with E-state index in [4.69, 9.17) is 14.2 Å². The molecule has 0 aromatic rings. The first-order valence-corrected chi connectivity index (χ1v) is 30.7. The molecule has 0 radical (unpaired) electrons. The molecule has 1 atom stereocenters. The van der Waals surface area contributed by atoms with E-state index >= 15 is 0 Å². The van der Waals surface area contributed by atoms with Crippen molar-refractivity contribution >= 4 is 17.9 Å². The predicted octanol–water partition coefficient (Wildman–Crippen LogP) is 20.9. The highest BCUT2D eigenvalue weighted by Crippen LogP contribution is 2.15. The van der Waals surface area contributed by atoms with Crippen molar-refractivity contribution in [1.82, 2.24) is 0 Å². The van der Waals surface area contributed by atoms with Gasteiger partial charge in [-0.05, 0) is 122 Å². The Kier molecular flexibility index (Phi) is 57.8. The summed E-state index contributed by atoms with van der Waals surface area (Å²) < 4.78 is 16.9. The average molecular weight is 1020 g/mol. The van der Waals surface area contributed by atoms with E-state index in [1.165, 1.54) is 116 Å². The topological polar surface area (TPSA) is 78.9 Å². The van der Waals surface area contributed by atoms with Gasteiger partial charge in [-0.2, -0.15) is 0 Å². The summed E-state index contributed by atoms with van der Waals surface area (Å²) in [6.07, 6.45) is 81.2. The van der Waals surface area contributed by atoms with E-state index in [9.17, 15) is 14.4 Å². The Morgan fingerprint density at radius 1 is 0.288 bits per heavy atom. The van der Waals surface area contributed by atoms with Crippen LogP contribution in [0, 0.1) is 0 Å². The van der Waals surface area contributed by atoms with Crippen LogP contribution in [-0.2, 0) is 28.6 Å². The van der Waals surface area contributed by atoms with Crippen LogP contribution in [-0.4, -0.2) is 37.2 Å². The van der Waals surface area contributed by atoms with Gasteiger partial charge in [-0.15, -0.1) is 0 Å². The summed E-state index contributed by atoms with van der Waals surface area (Å²) in [6.45, 7) is 6.48. The minimum Gasteiger partial charge on any atom is -0.462 e. The molecule has 0 fully saturated rings. The number of hydrogen-bond acceptors (Lipinski definition) is 6. The van der Waals surface area contributed by atoms with Crippen LogP contribution >= 0.6 is 0 Å². The number of hydrogen-bond donors (Lipinski definition) is 0. The largest absolute Gasteiger partial charge is 0.462 e. The van der Waals surface area contributed by atoms with Crippen LogP contribution in [0.1, 0.15) is 290 Å². The van der Waals surface area contributed by atoms with Crippen molar-refractivity contribution in [3.8, 4) is 0 Å². The van der Waals surface area contributed by atoms with E-state index in [1.807, 2.05) is 0 Å². The molecule has 0 aliphatic carbocycles. The quantitative estimate of drug-likeness (QED) is 0.0261. The fraction of sp³-hybridized carbons (Fsp3) is 0.716. The Hall–Kier alpha value is -3.67. The molecule has 1 unspecified atom stereocenters. The molecule has 0 aromatic heterocycles.